The fraction of sp³-hybridized carbons (Fsp3) is 0.286. The van der Waals surface area contributed by atoms with Gasteiger partial charge in [0.25, 0.3) is 5.56 Å². The minimum atomic E-state index is -0.429. The first-order valence-electron chi connectivity index (χ1n) is 6.39. The second kappa shape index (κ2) is 6.10. The van der Waals surface area contributed by atoms with Crippen LogP contribution in [0, 0.1) is 0 Å². The van der Waals surface area contributed by atoms with Crippen LogP contribution in [0.2, 0.25) is 0 Å². The van der Waals surface area contributed by atoms with Crippen molar-refractivity contribution in [3.8, 4) is 11.6 Å². The van der Waals surface area contributed by atoms with E-state index in [2.05, 4.69) is 9.97 Å². The lowest BCUT2D eigenvalue weighted by atomic mass is 10.1. The van der Waals surface area contributed by atoms with Crippen molar-refractivity contribution < 1.29 is 9.84 Å². The molecule has 0 atom stereocenters. The molecule has 0 saturated carbocycles. The number of nitrogen functional groups attached to an aromatic ring is 1. The maximum atomic E-state index is 11.7. The normalized spacial score (nSPS) is 10.4. The zero-order valence-electron chi connectivity index (χ0n) is 11.2. The van der Waals surface area contributed by atoms with Crippen molar-refractivity contribution >= 4 is 5.95 Å². The molecule has 6 heteroatoms. The van der Waals surface area contributed by atoms with Gasteiger partial charge in [0.2, 0.25) is 11.8 Å². The molecule has 6 nitrogen and oxygen atoms in total. The van der Waals surface area contributed by atoms with E-state index in [0.29, 0.717) is 6.61 Å². The van der Waals surface area contributed by atoms with Gasteiger partial charge in [0.05, 0.1) is 12.2 Å². The number of aromatic hydroxyl groups is 1. The van der Waals surface area contributed by atoms with Gasteiger partial charge in [0.15, 0.2) is 0 Å². The molecule has 0 bridgehead atoms. The predicted octanol–water partition coefficient (Wildman–Crippen LogP) is 1.44. The van der Waals surface area contributed by atoms with E-state index in [9.17, 15) is 9.90 Å². The third kappa shape index (κ3) is 3.28. The SMILES string of the molecule is CCCOc1ccc(Cc2c(O)nc(N)[nH]c2=O)cc1. The number of aromatic nitrogens is 2. The van der Waals surface area contributed by atoms with Crippen LogP contribution in [0.15, 0.2) is 29.1 Å². The number of H-pyrrole nitrogens is 1. The molecule has 106 valence electrons. The molecule has 1 aromatic heterocycles. The average Bonchev–Trinajstić information content (AvgIpc) is 2.42. The molecule has 2 aromatic rings. The summed E-state index contributed by atoms with van der Waals surface area (Å²) >= 11 is 0. The Hall–Kier alpha value is -2.50. The average molecular weight is 275 g/mol. The van der Waals surface area contributed by atoms with Crippen molar-refractivity contribution in [1.82, 2.24) is 9.97 Å². The lowest BCUT2D eigenvalue weighted by Crippen LogP contribution is -2.16. The lowest BCUT2D eigenvalue weighted by Gasteiger charge is -2.07. The highest BCUT2D eigenvalue weighted by molar-refractivity contribution is 5.35. The monoisotopic (exact) mass is 275 g/mol. The molecule has 0 unspecified atom stereocenters. The van der Waals surface area contributed by atoms with Crippen LogP contribution in [0.5, 0.6) is 11.6 Å². The molecule has 0 saturated heterocycles. The molecule has 0 amide bonds. The Balaban J connectivity index is 2.16. The van der Waals surface area contributed by atoms with Crippen LogP contribution in [-0.4, -0.2) is 21.7 Å². The highest BCUT2D eigenvalue weighted by atomic mass is 16.5. The highest BCUT2D eigenvalue weighted by Crippen LogP contribution is 2.17. The van der Waals surface area contributed by atoms with Gasteiger partial charge in [0, 0.05) is 6.42 Å². The van der Waals surface area contributed by atoms with E-state index < -0.39 is 5.56 Å². The molecule has 0 aliphatic heterocycles. The first kappa shape index (κ1) is 13.9. The van der Waals surface area contributed by atoms with Crippen molar-refractivity contribution in [2.45, 2.75) is 19.8 Å². The van der Waals surface area contributed by atoms with Crippen LogP contribution in [0.25, 0.3) is 0 Å². The second-order valence-corrected chi connectivity index (χ2v) is 4.42. The Morgan fingerprint density at radius 3 is 2.65 bits per heavy atom. The maximum Gasteiger partial charge on any atom is 0.259 e. The summed E-state index contributed by atoms with van der Waals surface area (Å²) in [5.41, 5.74) is 5.99. The fourth-order valence-electron chi connectivity index (χ4n) is 1.79. The van der Waals surface area contributed by atoms with Crippen molar-refractivity contribution in [3.05, 3.63) is 45.7 Å². The van der Waals surface area contributed by atoms with E-state index in [1.54, 1.807) is 0 Å². The van der Waals surface area contributed by atoms with Gasteiger partial charge in [-0.1, -0.05) is 19.1 Å². The quantitative estimate of drug-likeness (QED) is 0.766. The lowest BCUT2D eigenvalue weighted by molar-refractivity contribution is 0.317. The van der Waals surface area contributed by atoms with Crippen LogP contribution in [0.1, 0.15) is 24.5 Å². The van der Waals surface area contributed by atoms with Gasteiger partial charge in [-0.25, -0.2) is 0 Å². The van der Waals surface area contributed by atoms with E-state index in [-0.39, 0.29) is 23.8 Å². The number of nitrogens with zero attached hydrogens (tertiary/aromatic N) is 1. The summed E-state index contributed by atoms with van der Waals surface area (Å²) in [6.45, 7) is 2.71. The molecule has 4 N–H and O–H groups in total. The zero-order chi connectivity index (χ0) is 14.5. The van der Waals surface area contributed by atoms with Crippen LogP contribution in [0.3, 0.4) is 0 Å². The third-order valence-corrected chi connectivity index (χ3v) is 2.79. The molecule has 1 heterocycles. The number of hydrogen-bond donors (Lipinski definition) is 3. The summed E-state index contributed by atoms with van der Waals surface area (Å²) in [5.74, 6) is 0.348. The van der Waals surface area contributed by atoms with Crippen LogP contribution in [0.4, 0.5) is 5.95 Å². The summed E-state index contributed by atoms with van der Waals surface area (Å²) in [6, 6.07) is 7.36. The number of nitrogens with one attached hydrogen (secondary N) is 1. The molecular weight excluding hydrogens is 258 g/mol. The predicted molar refractivity (Wildman–Crippen MR) is 76.0 cm³/mol. The summed E-state index contributed by atoms with van der Waals surface area (Å²) in [4.78, 5) is 17.7. The number of hydrogen-bond acceptors (Lipinski definition) is 5. The molecule has 0 aliphatic carbocycles. The number of nitrogens with two attached hydrogens (primary N) is 1. The first-order chi connectivity index (χ1) is 9.60. The number of anilines is 1. The Bertz CT molecular complexity index is 635. The van der Waals surface area contributed by atoms with Crippen LogP contribution in [-0.2, 0) is 6.42 Å². The number of ether oxygens (including phenoxy) is 1. The Morgan fingerprint density at radius 1 is 1.35 bits per heavy atom. The number of rotatable bonds is 5. The van der Waals surface area contributed by atoms with Crippen molar-refractivity contribution in [3.63, 3.8) is 0 Å². The van der Waals surface area contributed by atoms with Crippen LogP contribution < -0.4 is 16.0 Å². The van der Waals surface area contributed by atoms with Crippen LogP contribution >= 0.6 is 0 Å². The third-order valence-electron chi connectivity index (χ3n) is 2.79. The number of aromatic amines is 1. The Kier molecular flexibility index (Phi) is 4.24. The summed E-state index contributed by atoms with van der Waals surface area (Å²) in [6.07, 6.45) is 1.23. The van der Waals surface area contributed by atoms with Crippen molar-refractivity contribution in [2.24, 2.45) is 0 Å². The van der Waals surface area contributed by atoms with Gasteiger partial charge >= 0.3 is 0 Å². The summed E-state index contributed by atoms with van der Waals surface area (Å²) in [7, 11) is 0. The van der Waals surface area contributed by atoms with Crippen molar-refractivity contribution in [1.29, 1.82) is 0 Å². The molecule has 0 spiro atoms. The largest absolute Gasteiger partial charge is 0.494 e. The zero-order valence-corrected chi connectivity index (χ0v) is 11.2. The molecular formula is C14H17N3O3. The van der Waals surface area contributed by atoms with E-state index in [1.807, 2.05) is 31.2 Å². The molecule has 0 fully saturated rings. The minimum absolute atomic E-state index is 0.0976. The first-order valence-corrected chi connectivity index (χ1v) is 6.39. The number of benzene rings is 1. The smallest absolute Gasteiger partial charge is 0.259 e. The van der Waals surface area contributed by atoms with E-state index in [4.69, 9.17) is 10.5 Å². The van der Waals surface area contributed by atoms with E-state index in [0.717, 1.165) is 17.7 Å². The van der Waals surface area contributed by atoms with E-state index >= 15 is 0 Å². The molecule has 1 aromatic carbocycles. The topological polar surface area (TPSA) is 101 Å². The van der Waals surface area contributed by atoms with Gasteiger partial charge in [0.1, 0.15) is 5.75 Å². The maximum absolute atomic E-state index is 11.7. The molecule has 2 rings (SSSR count). The molecule has 0 radical (unpaired) electrons. The Labute approximate surface area is 116 Å². The van der Waals surface area contributed by atoms with Gasteiger partial charge in [-0.2, -0.15) is 4.98 Å². The standard InChI is InChI=1S/C14H17N3O3/c1-2-7-20-10-5-3-9(4-6-10)8-11-12(18)16-14(15)17-13(11)19/h3-6H,2,7-8H2,1H3,(H4,15,16,17,18,19). The van der Waals surface area contributed by atoms with Gasteiger partial charge in [-0.3, -0.25) is 9.78 Å². The summed E-state index contributed by atoms with van der Waals surface area (Å²) in [5, 5.41) is 9.67. The minimum Gasteiger partial charge on any atom is -0.494 e. The molecule has 0 aliphatic rings. The van der Waals surface area contributed by atoms with Gasteiger partial charge in [-0.05, 0) is 24.1 Å². The summed E-state index contributed by atoms with van der Waals surface area (Å²) < 4.78 is 5.48. The highest BCUT2D eigenvalue weighted by Gasteiger charge is 2.10. The fourth-order valence-corrected chi connectivity index (χ4v) is 1.79. The Morgan fingerprint density at radius 2 is 2.05 bits per heavy atom. The van der Waals surface area contributed by atoms with Gasteiger partial charge < -0.3 is 15.6 Å². The second-order valence-electron chi connectivity index (χ2n) is 4.42. The van der Waals surface area contributed by atoms with Crippen molar-refractivity contribution in [2.75, 3.05) is 12.3 Å². The molecule has 20 heavy (non-hydrogen) atoms. The van der Waals surface area contributed by atoms with Gasteiger partial charge in [-0.15, -0.1) is 0 Å². The van der Waals surface area contributed by atoms with E-state index in [1.165, 1.54) is 0 Å².